The third-order valence-corrected chi connectivity index (χ3v) is 5.15. The van der Waals surface area contributed by atoms with Crippen molar-refractivity contribution in [2.24, 2.45) is 23.1 Å². The largest absolute Gasteiger partial charge is 0.480 e. The molecule has 0 radical (unpaired) electrons. The van der Waals surface area contributed by atoms with E-state index in [1.54, 1.807) is 13.8 Å². The quantitative estimate of drug-likeness (QED) is 0.132. The molecule has 0 aliphatic carbocycles. The van der Waals surface area contributed by atoms with E-state index < -0.39 is 53.8 Å². The zero-order valence-electron chi connectivity index (χ0n) is 19.1. The maximum Gasteiger partial charge on any atom is 0.326 e. The smallest absolute Gasteiger partial charge is 0.326 e. The Hall–Kier alpha value is -2.73. The predicted molar refractivity (Wildman–Crippen MR) is 118 cm³/mol. The highest BCUT2D eigenvalue weighted by molar-refractivity contribution is 5.94. The molecule has 12 heteroatoms. The average molecular weight is 459 g/mol. The number of carbonyl (C=O) groups excluding carboxylic acids is 4. The Bertz CT molecular complexity index is 658. The number of nitrogens with two attached hydrogens (primary N) is 3. The molecule has 0 aromatic carbocycles. The lowest BCUT2D eigenvalue weighted by molar-refractivity contribution is -0.143. The van der Waals surface area contributed by atoms with Crippen LogP contribution in [-0.4, -0.2) is 65.4 Å². The van der Waals surface area contributed by atoms with E-state index in [1.807, 2.05) is 0 Å². The summed E-state index contributed by atoms with van der Waals surface area (Å²) in [5.74, 6) is -4.14. The Labute approximate surface area is 188 Å². The number of hydrogen-bond donors (Lipinski definition) is 7. The van der Waals surface area contributed by atoms with Crippen molar-refractivity contribution in [2.75, 3.05) is 6.54 Å². The van der Waals surface area contributed by atoms with Crippen molar-refractivity contribution in [3.05, 3.63) is 0 Å². The zero-order chi connectivity index (χ0) is 24.8. The van der Waals surface area contributed by atoms with Gasteiger partial charge in [0.1, 0.15) is 18.1 Å². The molecule has 5 unspecified atom stereocenters. The summed E-state index contributed by atoms with van der Waals surface area (Å²) in [5, 5.41) is 16.6. The van der Waals surface area contributed by atoms with Crippen molar-refractivity contribution in [3.8, 4) is 0 Å². The standard InChI is InChI=1S/C20H38N6O6/c1-4-11(2)16(20(31)32)26-17(28)12(3)24-19(30)14(8-9-15(23)27)25-18(29)13(22)7-5-6-10-21/h11-14,16H,4-10,21-22H2,1-3H3,(H2,23,27)(H,24,30)(H,25,29)(H,26,28)(H,31,32). The molecule has 0 aliphatic rings. The number of carboxylic acids is 1. The summed E-state index contributed by atoms with van der Waals surface area (Å²) in [4.78, 5) is 60.0. The molecule has 0 fully saturated rings. The Balaban J connectivity index is 5.11. The van der Waals surface area contributed by atoms with Crippen LogP contribution in [0.2, 0.25) is 0 Å². The normalized spacial score (nSPS) is 15.5. The number of carbonyl (C=O) groups is 5. The molecule has 10 N–H and O–H groups in total. The SMILES string of the molecule is CCC(C)C(NC(=O)C(C)NC(=O)C(CCC(N)=O)NC(=O)C(N)CCCCN)C(=O)O. The minimum Gasteiger partial charge on any atom is -0.480 e. The number of nitrogens with one attached hydrogen (secondary N) is 3. The van der Waals surface area contributed by atoms with Crippen LogP contribution in [-0.2, 0) is 24.0 Å². The van der Waals surface area contributed by atoms with E-state index in [4.69, 9.17) is 17.2 Å². The Kier molecular flexibility index (Phi) is 13.8. The molecule has 0 rings (SSSR count). The minimum atomic E-state index is -1.18. The van der Waals surface area contributed by atoms with Gasteiger partial charge < -0.3 is 38.3 Å². The van der Waals surface area contributed by atoms with Crippen LogP contribution in [0.25, 0.3) is 0 Å². The first-order valence-corrected chi connectivity index (χ1v) is 10.8. The molecule has 0 aromatic rings. The summed E-state index contributed by atoms with van der Waals surface area (Å²) < 4.78 is 0. The third-order valence-electron chi connectivity index (χ3n) is 5.15. The number of hydrogen-bond acceptors (Lipinski definition) is 7. The van der Waals surface area contributed by atoms with E-state index in [9.17, 15) is 29.1 Å². The van der Waals surface area contributed by atoms with Crippen molar-refractivity contribution >= 4 is 29.6 Å². The van der Waals surface area contributed by atoms with Crippen molar-refractivity contribution in [3.63, 3.8) is 0 Å². The van der Waals surface area contributed by atoms with Gasteiger partial charge in [0.2, 0.25) is 23.6 Å². The molecule has 0 aliphatic heterocycles. The van der Waals surface area contributed by atoms with Gasteiger partial charge in [-0.3, -0.25) is 19.2 Å². The van der Waals surface area contributed by atoms with Crippen LogP contribution in [0.4, 0.5) is 0 Å². The molecule has 32 heavy (non-hydrogen) atoms. The van der Waals surface area contributed by atoms with Crippen molar-refractivity contribution in [1.82, 2.24) is 16.0 Å². The van der Waals surface area contributed by atoms with E-state index in [0.29, 0.717) is 32.2 Å². The summed E-state index contributed by atoms with van der Waals surface area (Å²) in [6.07, 6.45) is 2.00. The first-order valence-electron chi connectivity index (χ1n) is 10.8. The van der Waals surface area contributed by atoms with E-state index in [1.165, 1.54) is 6.92 Å². The van der Waals surface area contributed by atoms with E-state index in [2.05, 4.69) is 16.0 Å². The minimum absolute atomic E-state index is 0.0820. The second-order valence-electron chi connectivity index (χ2n) is 7.90. The molecular formula is C20H38N6O6. The monoisotopic (exact) mass is 458 g/mol. The molecular weight excluding hydrogens is 420 g/mol. The molecule has 5 atom stereocenters. The molecule has 0 spiro atoms. The van der Waals surface area contributed by atoms with Crippen molar-refractivity contribution in [2.45, 2.75) is 83.5 Å². The van der Waals surface area contributed by atoms with Crippen LogP contribution in [0, 0.1) is 5.92 Å². The average Bonchev–Trinajstić information content (AvgIpc) is 2.73. The summed E-state index contributed by atoms with van der Waals surface area (Å²) >= 11 is 0. The van der Waals surface area contributed by atoms with Gasteiger partial charge in [-0.05, 0) is 38.6 Å². The van der Waals surface area contributed by atoms with Gasteiger partial charge in [-0.15, -0.1) is 0 Å². The lowest BCUT2D eigenvalue weighted by Crippen LogP contribution is -2.57. The number of carboxylic acid groups (broad SMARTS) is 1. The molecule has 0 saturated carbocycles. The van der Waals surface area contributed by atoms with Crippen LogP contribution in [0.3, 0.4) is 0 Å². The van der Waals surface area contributed by atoms with Gasteiger partial charge in [-0.25, -0.2) is 4.79 Å². The predicted octanol–water partition coefficient (Wildman–Crippen LogP) is -1.69. The van der Waals surface area contributed by atoms with Crippen LogP contribution in [0.1, 0.15) is 59.3 Å². The first kappa shape index (κ1) is 29.3. The summed E-state index contributed by atoms with van der Waals surface area (Å²) in [6, 6.07) is -4.20. The Morgan fingerprint density at radius 1 is 0.906 bits per heavy atom. The van der Waals surface area contributed by atoms with E-state index in [0.717, 1.165) is 0 Å². The van der Waals surface area contributed by atoms with Gasteiger partial charge in [0.25, 0.3) is 0 Å². The lowest BCUT2D eigenvalue weighted by atomic mass is 9.99. The Morgan fingerprint density at radius 2 is 1.53 bits per heavy atom. The van der Waals surface area contributed by atoms with E-state index >= 15 is 0 Å². The Morgan fingerprint density at radius 3 is 2.03 bits per heavy atom. The molecule has 12 nitrogen and oxygen atoms in total. The molecule has 184 valence electrons. The topological polar surface area (TPSA) is 220 Å². The summed E-state index contributed by atoms with van der Waals surface area (Å²) in [7, 11) is 0. The maximum absolute atomic E-state index is 12.7. The number of rotatable bonds is 16. The van der Waals surface area contributed by atoms with Gasteiger partial charge in [0.15, 0.2) is 0 Å². The highest BCUT2D eigenvalue weighted by atomic mass is 16.4. The third kappa shape index (κ3) is 11.0. The van der Waals surface area contributed by atoms with E-state index in [-0.39, 0.29) is 18.8 Å². The fourth-order valence-electron chi connectivity index (χ4n) is 2.81. The highest BCUT2D eigenvalue weighted by Crippen LogP contribution is 2.08. The van der Waals surface area contributed by atoms with Gasteiger partial charge in [0.05, 0.1) is 6.04 Å². The van der Waals surface area contributed by atoms with Gasteiger partial charge in [-0.1, -0.05) is 26.7 Å². The van der Waals surface area contributed by atoms with Crippen LogP contribution in [0.5, 0.6) is 0 Å². The van der Waals surface area contributed by atoms with Crippen molar-refractivity contribution in [1.29, 1.82) is 0 Å². The van der Waals surface area contributed by atoms with Gasteiger partial charge in [0, 0.05) is 6.42 Å². The maximum atomic E-state index is 12.7. The fourth-order valence-corrected chi connectivity index (χ4v) is 2.81. The van der Waals surface area contributed by atoms with Gasteiger partial charge in [-0.2, -0.15) is 0 Å². The van der Waals surface area contributed by atoms with Crippen LogP contribution < -0.4 is 33.2 Å². The molecule has 0 heterocycles. The highest BCUT2D eigenvalue weighted by Gasteiger charge is 2.30. The molecule has 0 bridgehead atoms. The number of amides is 4. The lowest BCUT2D eigenvalue weighted by Gasteiger charge is -2.25. The van der Waals surface area contributed by atoms with Crippen LogP contribution >= 0.6 is 0 Å². The number of aliphatic carboxylic acids is 1. The fraction of sp³-hybridized carbons (Fsp3) is 0.750. The molecule has 0 saturated heterocycles. The second kappa shape index (κ2) is 15.1. The van der Waals surface area contributed by atoms with Crippen molar-refractivity contribution < 1.29 is 29.1 Å². The zero-order valence-corrected chi connectivity index (χ0v) is 19.1. The van der Waals surface area contributed by atoms with Crippen LogP contribution in [0.15, 0.2) is 0 Å². The van der Waals surface area contributed by atoms with Gasteiger partial charge >= 0.3 is 5.97 Å². The first-order chi connectivity index (χ1) is 14.9. The second-order valence-corrected chi connectivity index (χ2v) is 7.90. The number of unbranched alkanes of at least 4 members (excludes halogenated alkanes) is 1. The number of primary amides is 1. The molecule has 0 aromatic heterocycles. The summed E-state index contributed by atoms with van der Waals surface area (Å²) in [5.41, 5.74) is 16.4. The summed E-state index contributed by atoms with van der Waals surface area (Å²) in [6.45, 7) is 5.34. The molecule has 4 amide bonds.